The lowest BCUT2D eigenvalue weighted by molar-refractivity contribution is -0.384. The van der Waals surface area contributed by atoms with Crippen LogP contribution in [0.1, 0.15) is 32.3 Å². The van der Waals surface area contributed by atoms with Crippen LogP contribution < -0.4 is 5.32 Å². The first-order valence-electron chi connectivity index (χ1n) is 7.46. The van der Waals surface area contributed by atoms with Gasteiger partial charge in [0, 0.05) is 25.7 Å². The van der Waals surface area contributed by atoms with Crippen molar-refractivity contribution in [3.63, 3.8) is 0 Å². The Kier molecular flexibility index (Phi) is 7.71. The number of rotatable bonds is 10. The van der Waals surface area contributed by atoms with Crippen molar-refractivity contribution in [2.45, 2.75) is 33.2 Å². The molecule has 6 heteroatoms. The maximum atomic E-state index is 11.2. The molecular weight excluding hydrogens is 270 g/mol. The number of anilines is 1. The van der Waals surface area contributed by atoms with Crippen molar-refractivity contribution in [2.75, 3.05) is 31.6 Å². The van der Waals surface area contributed by atoms with Gasteiger partial charge in [-0.25, -0.2) is 0 Å². The lowest BCUT2D eigenvalue weighted by Gasteiger charge is -2.20. The summed E-state index contributed by atoms with van der Waals surface area (Å²) in [7, 11) is 0. The Hall–Kier alpha value is -1.66. The molecule has 118 valence electrons. The topological polar surface area (TPSA) is 78.6 Å². The fourth-order valence-electron chi connectivity index (χ4n) is 2.22. The maximum Gasteiger partial charge on any atom is 0.292 e. The predicted octanol–water partition coefficient (Wildman–Crippen LogP) is 2.62. The second-order valence-corrected chi connectivity index (χ2v) is 5.04. The van der Waals surface area contributed by atoms with Crippen molar-refractivity contribution in [1.82, 2.24) is 4.90 Å². The third kappa shape index (κ3) is 5.69. The zero-order valence-electron chi connectivity index (χ0n) is 12.8. The molecule has 0 aliphatic heterocycles. The zero-order chi connectivity index (χ0) is 15.7. The number of benzene rings is 1. The Morgan fingerprint density at radius 3 is 2.62 bits per heavy atom. The number of aliphatic hydroxyl groups excluding tert-OH is 1. The molecule has 2 N–H and O–H groups in total. The predicted molar refractivity (Wildman–Crippen MR) is 84.5 cm³/mol. The Balaban J connectivity index is 2.88. The molecule has 0 bridgehead atoms. The molecule has 1 aromatic rings. The Morgan fingerprint density at radius 1 is 1.29 bits per heavy atom. The van der Waals surface area contributed by atoms with E-state index >= 15 is 0 Å². The van der Waals surface area contributed by atoms with E-state index in [-0.39, 0.29) is 17.2 Å². The standard InChI is InChI=1S/C15H25N3O3/c1-3-7-16-14-6-5-13(11-15(14)18(20)21)12-17(8-4-2)9-10-19/h5-6,11,16,19H,3-4,7-10,12H2,1-2H3. The van der Waals surface area contributed by atoms with Crippen LogP contribution in [-0.2, 0) is 6.54 Å². The zero-order valence-corrected chi connectivity index (χ0v) is 12.8. The van der Waals surface area contributed by atoms with Crippen molar-refractivity contribution in [2.24, 2.45) is 0 Å². The van der Waals surface area contributed by atoms with E-state index in [4.69, 9.17) is 5.11 Å². The molecule has 0 aromatic heterocycles. The molecule has 0 aliphatic carbocycles. The number of hydrogen-bond acceptors (Lipinski definition) is 5. The number of nitrogens with zero attached hydrogens (tertiary/aromatic N) is 2. The second kappa shape index (κ2) is 9.31. The van der Waals surface area contributed by atoms with Gasteiger partial charge < -0.3 is 10.4 Å². The summed E-state index contributed by atoms with van der Waals surface area (Å²) in [5, 5.41) is 23.3. The molecule has 0 saturated heterocycles. The first-order valence-corrected chi connectivity index (χ1v) is 7.46. The van der Waals surface area contributed by atoms with Crippen molar-refractivity contribution >= 4 is 11.4 Å². The molecule has 0 radical (unpaired) electrons. The third-order valence-electron chi connectivity index (χ3n) is 3.19. The van der Waals surface area contributed by atoms with Crippen molar-refractivity contribution in [3.05, 3.63) is 33.9 Å². The number of hydrogen-bond donors (Lipinski definition) is 2. The minimum atomic E-state index is -0.350. The van der Waals surface area contributed by atoms with Gasteiger partial charge in [0.2, 0.25) is 0 Å². The summed E-state index contributed by atoms with van der Waals surface area (Å²) in [6, 6.07) is 5.30. The minimum absolute atomic E-state index is 0.0955. The highest BCUT2D eigenvalue weighted by atomic mass is 16.6. The number of nitro benzene ring substituents is 1. The first-order chi connectivity index (χ1) is 10.1. The van der Waals surface area contributed by atoms with Gasteiger partial charge in [-0.1, -0.05) is 19.9 Å². The molecule has 0 unspecified atom stereocenters. The molecule has 1 rings (SSSR count). The number of nitro groups is 1. The Bertz CT molecular complexity index is 446. The quantitative estimate of drug-likeness (QED) is 0.512. The number of aliphatic hydroxyl groups is 1. The summed E-state index contributed by atoms with van der Waals surface area (Å²) in [6.07, 6.45) is 1.90. The largest absolute Gasteiger partial charge is 0.395 e. The van der Waals surface area contributed by atoms with E-state index in [9.17, 15) is 10.1 Å². The van der Waals surface area contributed by atoms with E-state index in [2.05, 4.69) is 17.1 Å². The van der Waals surface area contributed by atoms with Gasteiger partial charge in [0.15, 0.2) is 0 Å². The lowest BCUT2D eigenvalue weighted by Crippen LogP contribution is -2.27. The Labute approximate surface area is 125 Å². The summed E-state index contributed by atoms with van der Waals surface area (Å²) in [6.45, 7) is 6.96. The molecular formula is C15H25N3O3. The van der Waals surface area contributed by atoms with Crippen LogP contribution in [0.15, 0.2) is 18.2 Å². The fourth-order valence-corrected chi connectivity index (χ4v) is 2.22. The fraction of sp³-hybridized carbons (Fsp3) is 0.600. The van der Waals surface area contributed by atoms with Crippen LogP contribution in [0, 0.1) is 10.1 Å². The van der Waals surface area contributed by atoms with Gasteiger partial charge in [-0.3, -0.25) is 15.0 Å². The van der Waals surface area contributed by atoms with Crippen LogP contribution in [0.4, 0.5) is 11.4 Å². The van der Waals surface area contributed by atoms with E-state index in [1.165, 1.54) is 0 Å². The average molecular weight is 295 g/mol. The van der Waals surface area contributed by atoms with E-state index in [1.807, 2.05) is 13.0 Å². The van der Waals surface area contributed by atoms with Gasteiger partial charge in [0.1, 0.15) is 5.69 Å². The second-order valence-electron chi connectivity index (χ2n) is 5.04. The lowest BCUT2D eigenvalue weighted by atomic mass is 10.1. The average Bonchev–Trinajstić information content (AvgIpc) is 2.46. The van der Waals surface area contributed by atoms with Crippen LogP contribution in [-0.4, -0.2) is 41.2 Å². The van der Waals surface area contributed by atoms with Gasteiger partial charge in [-0.15, -0.1) is 0 Å². The van der Waals surface area contributed by atoms with Crippen molar-refractivity contribution in [1.29, 1.82) is 0 Å². The monoisotopic (exact) mass is 295 g/mol. The first kappa shape index (κ1) is 17.4. The van der Waals surface area contributed by atoms with Gasteiger partial charge in [-0.05, 0) is 31.0 Å². The normalized spacial score (nSPS) is 10.9. The van der Waals surface area contributed by atoms with Gasteiger partial charge in [-0.2, -0.15) is 0 Å². The van der Waals surface area contributed by atoms with Crippen LogP contribution >= 0.6 is 0 Å². The summed E-state index contributed by atoms with van der Waals surface area (Å²) in [4.78, 5) is 12.9. The summed E-state index contributed by atoms with van der Waals surface area (Å²) in [5.41, 5.74) is 1.57. The van der Waals surface area contributed by atoms with Gasteiger partial charge >= 0.3 is 0 Å². The molecule has 0 saturated carbocycles. The molecule has 0 atom stereocenters. The van der Waals surface area contributed by atoms with Gasteiger partial charge in [0.05, 0.1) is 11.5 Å². The number of nitrogens with one attached hydrogen (secondary N) is 1. The third-order valence-corrected chi connectivity index (χ3v) is 3.19. The SMILES string of the molecule is CCCNc1ccc(CN(CCC)CCO)cc1[N+](=O)[O-]. The molecule has 0 heterocycles. The Morgan fingerprint density at radius 2 is 2.05 bits per heavy atom. The summed E-state index contributed by atoms with van der Waals surface area (Å²) >= 11 is 0. The van der Waals surface area contributed by atoms with E-state index in [0.717, 1.165) is 24.9 Å². The van der Waals surface area contributed by atoms with E-state index in [1.54, 1.807) is 12.1 Å². The molecule has 6 nitrogen and oxygen atoms in total. The van der Waals surface area contributed by atoms with Crippen molar-refractivity contribution in [3.8, 4) is 0 Å². The summed E-state index contributed by atoms with van der Waals surface area (Å²) < 4.78 is 0. The highest BCUT2D eigenvalue weighted by Crippen LogP contribution is 2.26. The molecule has 21 heavy (non-hydrogen) atoms. The van der Waals surface area contributed by atoms with Crippen LogP contribution in [0.5, 0.6) is 0 Å². The molecule has 0 amide bonds. The molecule has 0 fully saturated rings. The highest BCUT2D eigenvalue weighted by Gasteiger charge is 2.15. The summed E-state index contributed by atoms with van der Waals surface area (Å²) in [5.74, 6) is 0. The van der Waals surface area contributed by atoms with E-state index in [0.29, 0.717) is 25.3 Å². The van der Waals surface area contributed by atoms with Crippen LogP contribution in [0.3, 0.4) is 0 Å². The molecule has 1 aromatic carbocycles. The molecule has 0 aliphatic rings. The van der Waals surface area contributed by atoms with E-state index < -0.39 is 0 Å². The minimum Gasteiger partial charge on any atom is -0.395 e. The highest BCUT2D eigenvalue weighted by molar-refractivity contribution is 5.62. The molecule has 0 spiro atoms. The van der Waals surface area contributed by atoms with Crippen LogP contribution in [0.25, 0.3) is 0 Å². The van der Waals surface area contributed by atoms with Crippen LogP contribution in [0.2, 0.25) is 0 Å². The van der Waals surface area contributed by atoms with Crippen molar-refractivity contribution < 1.29 is 10.0 Å². The van der Waals surface area contributed by atoms with Gasteiger partial charge in [0.25, 0.3) is 5.69 Å². The maximum absolute atomic E-state index is 11.2. The smallest absolute Gasteiger partial charge is 0.292 e.